The van der Waals surface area contributed by atoms with E-state index in [1.807, 2.05) is 6.08 Å². The van der Waals surface area contributed by atoms with Crippen LogP contribution in [0.25, 0.3) is 0 Å². The molecule has 0 aromatic carbocycles. The van der Waals surface area contributed by atoms with Crippen LogP contribution in [0.4, 0.5) is 0 Å². The molecule has 0 aromatic heterocycles. The van der Waals surface area contributed by atoms with E-state index in [1.54, 1.807) is 3.28 Å². The van der Waals surface area contributed by atoms with Gasteiger partial charge in [0, 0.05) is 11.3 Å². The first kappa shape index (κ1) is 21.0. The number of hydrogen-bond donors (Lipinski definition) is 0. The molecule has 0 fully saturated rings. The van der Waals surface area contributed by atoms with Gasteiger partial charge in [0.05, 0.1) is 5.70 Å². The maximum absolute atomic E-state index is 4.39. The standard InChI is InChI=1S/C9H9N.C5H5.C2H6Si.2ClH.Zr/c1-2-8-6-7-4-3-5-9(7)10-8;1-2-4-5-3-1;1-3-2;;;/h3-6H,2H2,1H3;1-3H,4H2;1-2H3;2*1H;/q;;;;;+2/p-2. The molecule has 1 aliphatic heterocycles. The Hall–Kier alpha value is 0.0500. The molecule has 3 rings (SSSR count). The molecule has 0 bridgehead atoms. The summed E-state index contributed by atoms with van der Waals surface area (Å²) in [6.45, 7) is 7.01. The van der Waals surface area contributed by atoms with Gasteiger partial charge in [0.25, 0.3) is 0 Å². The van der Waals surface area contributed by atoms with Crippen molar-refractivity contribution in [2.24, 2.45) is 4.99 Å². The minimum atomic E-state index is -0.0345. The Bertz CT molecular complexity index is 528. The van der Waals surface area contributed by atoms with Gasteiger partial charge in [-0.3, -0.25) is 4.99 Å². The molecule has 3 aliphatic rings. The van der Waals surface area contributed by atoms with Crippen molar-refractivity contribution in [3.63, 3.8) is 0 Å². The fraction of sp³-hybridized carbons (Fsp3) is 0.312. The Morgan fingerprint density at radius 2 is 1.95 bits per heavy atom. The second-order valence-corrected chi connectivity index (χ2v) is 18.0. The van der Waals surface area contributed by atoms with Crippen LogP contribution in [0.1, 0.15) is 19.8 Å². The van der Waals surface area contributed by atoms with Gasteiger partial charge in [-0.2, -0.15) is 0 Å². The summed E-state index contributed by atoms with van der Waals surface area (Å²) >= 11 is -0.0345. The molecule has 0 amide bonds. The third-order valence-electron chi connectivity index (χ3n) is 2.96. The number of aliphatic imine (C=N–C) groups is 1. The summed E-state index contributed by atoms with van der Waals surface area (Å²) in [6.07, 6.45) is 17.5. The minimum absolute atomic E-state index is 0. The normalized spacial score (nSPS) is 16.6. The zero-order valence-corrected chi connectivity index (χ0v) is 17.6. The average Bonchev–Trinajstić information content (AvgIpc) is 3.02. The van der Waals surface area contributed by atoms with E-state index in [9.17, 15) is 0 Å². The van der Waals surface area contributed by atoms with E-state index in [4.69, 9.17) is 0 Å². The molecule has 21 heavy (non-hydrogen) atoms. The van der Waals surface area contributed by atoms with Gasteiger partial charge >= 0.3 is 69.3 Å². The molecule has 0 unspecified atom stereocenters. The molecule has 5 heteroatoms. The van der Waals surface area contributed by atoms with Gasteiger partial charge in [0.15, 0.2) is 0 Å². The molecule has 1 nitrogen and oxygen atoms in total. The topological polar surface area (TPSA) is 12.4 Å². The Balaban J connectivity index is 0.000000350. The maximum atomic E-state index is 4.39. The van der Waals surface area contributed by atoms with Crippen molar-refractivity contribution in [1.82, 2.24) is 0 Å². The Morgan fingerprint density at radius 3 is 2.48 bits per heavy atom. The van der Waals surface area contributed by atoms with E-state index >= 15 is 0 Å². The van der Waals surface area contributed by atoms with E-state index in [0.29, 0.717) is 0 Å². The number of rotatable bonds is 3. The summed E-state index contributed by atoms with van der Waals surface area (Å²) in [4.78, 5) is 4.39. The van der Waals surface area contributed by atoms with E-state index in [-0.39, 0.29) is 53.1 Å². The van der Waals surface area contributed by atoms with Crippen molar-refractivity contribution in [2.45, 2.75) is 32.9 Å². The zero-order chi connectivity index (χ0) is 13.7. The largest absolute Gasteiger partial charge is 1.00 e. The number of nitrogens with zero attached hydrogens (tertiary/aromatic N) is 1. The Kier molecular flexibility index (Phi) is 10.7. The first-order valence-electron chi connectivity index (χ1n) is 6.80. The van der Waals surface area contributed by atoms with E-state index in [2.05, 4.69) is 61.5 Å². The van der Waals surface area contributed by atoms with E-state index in [1.165, 1.54) is 17.7 Å². The zero-order valence-electron chi connectivity index (χ0n) is 12.7. The summed E-state index contributed by atoms with van der Waals surface area (Å²) in [5.41, 5.74) is 3.61. The van der Waals surface area contributed by atoms with Crippen molar-refractivity contribution in [3.05, 3.63) is 57.1 Å². The quantitative estimate of drug-likeness (QED) is 0.492. The van der Waals surface area contributed by atoms with Crippen LogP contribution < -0.4 is 24.8 Å². The van der Waals surface area contributed by atoms with Gasteiger partial charge in [0.1, 0.15) is 0 Å². The third kappa shape index (κ3) is 6.78. The molecule has 0 aromatic rings. The van der Waals surface area contributed by atoms with Crippen molar-refractivity contribution in [3.8, 4) is 0 Å². The summed E-state index contributed by atoms with van der Waals surface area (Å²) in [5, 5.41) is 0. The molecule has 0 atom stereocenters. The number of halogens is 2. The van der Waals surface area contributed by atoms with Crippen LogP contribution in [0.15, 0.2) is 62.1 Å². The van der Waals surface area contributed by atoms with Crippen LogP contribution in [0, 0.1) is 0 Å². The first-order chi connectivity index (χ1) is 9.19. The number of fused-ring (bicyclic) bond motifs is 1. The van der Waals surface area contributed by atoms with E-state index < -0.39 is 0 Å². The van der Waals surface area contributed by atoms with E-state index in [0.717, 1.165) is 12.1 Å². The molecule has 2 aliphatic carbocycles. The van der Waals surface area contributed by atoms with Crippen molar-refractivity contribution >= 4 is 11.6 Å². The Morgan fingerprint density at radius 1 is 1.19 bits per heavy atom. The molecule has 0 spiro atoms. The average molecular weight is 417 g/mol. The SMILES string of the molecule is CCC1=NC2=CC=CC2=C1.C[Si](C)[Zr+2][C]1=CC=CC1.[Cl-].[Cl-]. The summed E-state index contributed by atoms with van der Waals surface area (Å²) in [7, 11) is 0. The van der Waals surface area contributed by atoms with Gasteiger partial charge < -0.3 is 24.8 Å². The predicted molar refractivity (Wildman–Crippen MR) is 82.4 cm³/mol. The van der Waals surface area contributed by atoms with Crippen LogP contribution >= 0.6 is 0 Å². The van der Waals surface area contributed by atoms with Gasteiger partial charge in [-0.25, -0.2) is 0 Å². The molecule has 0 saturated heterocycles. The number of hydrogen-bond acceptors (Lipinski definition) is 1. The molecule has 0 N–H and O–H groups in total. The molecule has 0 saturated carbocycles. The molecule has 1 heterocycles. The molecule has 1 radical (unpaired) electrons. The predicted octanol–water partition coefficient (Wildman–Crippen LogP) is -1.60. The molecule has 111 valence electrons. The second-order valence-electron chi connectivity index (χ2n) is 4.92. The molecular formula is C16H20Cl2NSiZr. The van der Waals surface area contributed by atoms with Gasteiger partial charge in [-0.1, -0.05) is 19.1 Å². The van der Waals surface area contributed by atoms with Crippen molar-refractivity contribution < 1.29 is 47.2 Å². The Labute approximate surface area is 153 Å². The van der Waals surface area contributed by atoms with Crippen LogP contribution in [-0.2, 0) is 22.4 Å². The summed E-state index contributed by atoms with van der Waals surface area (Å²) in [5.74, 6) is 0.144. The van der Waals surface area contributed by atoms with Crippen LogP contribution in [0.5, 0.6) is 0 Å². The van der Waals surface area contributed by atoms with Crippen LogP contribution in [0.3, 0.4) is 0 Å². The van der Waals surface area contributed by atoms with Gasteiger partial charge in [-0.15, -0.1) is 0 Å². The third-order valence-corrected chi connectivity index (χ3v) is 10.7. The summed E-state index contributed by atoms with van der Waals surface area (Å²) < 4.78 is 1.80. The van der Waals surface area contributed by atoms with Gasteiger partial charge in [-0.05, 0) is 18.6 Å². The van der Waals surface area contributed by atoms with Gasteiger partial charge in [0.2, 0.25) is 0 Å². The van der Waals surface area contributed by atoms with Crippen molar-refractivity contribution in [2.75, 3.05) is 0 Å². The fourth-order valence-corrected chi connectivity index (χ4v) is 9.51. The minimum Gasteiger partial charge on any atom is -1.00 e. The van der Waals surface area contributed by atoms with Crippen molar-refractivity contribution in [1.29, 1.82) is 0 Å². The molecular weight excluding hydrogens is 396 g/mol. The smallest absolute Gasteiger partial charge is 1.00 e. The first-order valence-corrected chi connectivity index (χ1v) is 14.2. The fourth-order valence-electron chi connectivity index (χ4n) is 2.06. The second kappa shape index (κ2) is 10.7. The van der Waals surface area contributed by atoms with Crippen LogP contribution in [0.2, 0.25) is 13.1 Å². The number of allylic oxidation sites excluding steroid dienone is 8. The maximum Gasteiger partial charge on any atom is -1.00 e. The monoisotopic (exact) mass is 414 g/mol. The van der Waals surface area contributed by atoms with Crippen LogP contribution in [-0.4, -0.2) is 11.6 Å². The summed E-state index contributed by atoms with van der Waals surface area (Å²) in [6, 6.07) is 0.